The molecule has 52 heavy (non-hydrogen) atoms. The van der Waals surface area contributed by atoms with Crippen molar-refractivity contribution in [2.45, 2.75) is 219 Å². The second-order valence-electron chi connectivity index (χ2n) is 15.8. The van der Waals surface area contributed by atoms with Crippen molar-refractivity contribution in [3.8, 4) is 0 Å². The van der Waals surface area contributed by atoms with Crippen LogP contribution in [0.5, 0.6) is 0 Å². The van der Waals surface area contributed by atoms with E-state index in [9.17, 15) is 19.6 Å². The normalized spacial score (nSPS) is 13.0. The van der Waals surface area contributed by atoms with Gasteiger partial charge < -0.3 is 20.4 Å². The molecule has 0 aromatic heterocycles. The SMILES string of the molecule is CCCCCCCCCCCCCCCCCC[PH](O)(O)O[PH](O)(O)CCCCCCCCCCCCCCCCCC.OCC(CO)(CO)CO. The van der Waals surface area contributed by atoms with Gasteiger partial charge in [-0.15, -0.1) is 0 Å². The van der Waals surface area contributed by atoms with Crippen molar-refractivity contribution in [1.29, 1.82) is 0 Å². The fraction of sp³-hybridized carbons (Fsp3) is 1.00. The summed E-state index contributed by atoms with van der Waals surface area (Å²) in [4.78, 5) is 41.1. The third kappa shape index (κ3) is 38.8. The second kappa shape index (κ2) is 39.7. The van der Waals surface area contributed by atoms with Gasteiger partial charge in [0.05, 0.1) is 31.8 Å². The molecule has 0 unspecified atom stereocenters. The molecule has 0 bridgehead atoms. The van der Waals surface area contributed by atoms with Crippen molar-refractivity contribution in [3.05, 3.63) is 0 Å². The van der Waals surface area contributed by atoms with Crippen LogP contribution in [0.1, 0.15) is 219 Å². The first-order valence-electron chi connectivity index (χ1n) is 22.1. The van der Waals surface area contributed by atoms with E-state index in [0.29, 0.717) is 12.8 Å². The van der Waals surface area contributed by atoms with Gasteiger partial charge in [-0.3, -0.25) is 0 Å². The van der Waals surface area contributed by atoms with E-state index in [0.717, 1.165) is 25.7 Å². The Labute approximate surface area is 322 Å². The van der Waals surface area contributed by atoms with Crippen molar-refractivity contribution in [1.82, 2.24) is 0 Å². The van der Waals surface area contributed by atoms with Crippen molar-refractivity contribution < 1.29 is 44.3 Å². The zero-order valence-electron chi connectivity index (χ0n) is 34.4. The molecule has 0 atom stereocenters. The monoisotopic (exact) mass is 791 g/mol. The first kappa shape index (κ1) is 54.6. The summed E-state index contributed by atoms with van der Waals surface area (Å²) in [7, 11) is -7.99. The maximum absolute atomic E-state index is 10.3. The van der Waals surface area contributed by atoms with Crippen LogP contribution in [-0.4, -0.2) is 78.8 Å². The molecular weight excluding hydrogens is 698 g/mol. The van der Waals surface area contributed by atoms with Crippen LogP contribution in [0, 0.1) is 5.41 Å². The molecule has 0 rings (SSSR count). The first-order chi connectivity index (χ1) is 25.1. The number of aliphatic hydroxyl groups is 4. The Morgan fingerprint density at radius 2 is 0.481 bits per heavy atom. The zero-order chi connectivity index (χ0) is 39.1. The van der Waals surface area contributed by atoms with Crippen LogP contribution in [0.25, 0.3) is 0 Å². The second-order valence-corrected chi connectivity index (χ2v) is 20.6. The molecule has 11 heteroatoms. The molecule has 0 spiro atoms. The van der Waals surface area contributed by atoms with Gasteiger partial charge in [0.15, 0.2) is 0 Å². The molecule has 0 aromatic carbocycles. The molecule has 0 amide bonds. The van der Waals surface area contributed by atoms with Crippen molar-refractivity contribution in [2.24, 2.45) is 5.41 Å². The molecule has 8 N–H and O–H groups in total. The van der Waals surface area contributed by atoms with Crippen LogP contribution >= 0.6 is 15.9 Å². The summed E-state index contributed by atoms with van der Waals surface area (Å²) >= 11 is 0. The Bertz CT molecular complexity index is 634. The standard InChI is InChI=1S/C36H80O5P2.C5H12O4/c1-3-5-7-9-11-13-15-17-19-21-23-25-27-29-31-33-35-42(37,38)41-43(39,40)36-34-32-30-28-26-24-22-20-18-16-14-12-10-8-6-4-2;6-1-5(2-7,3-8)4-9/h37-40,42-43H,3-36H2,1-2H3;6-9H,1-4H2. The van der Waals surface area contributed by atoms with E-state index in [2.05, 4.69) is 13.8 Å². The molecule has 9 nitrogen and oxygen atoms in total. The topological polar surface area (TPSA) is 171 Å². The van der Waals surface area contributed by atoms with E-state index in [1.807, 2.05) is 0 Å². The number of unbranched alkanes of at least 4 members (excludes halogenated alkanes) is 30. The third-order valence-corrected chi connectivity index (χ3v) is 15.0. The molecule has 0 heterocycles. The molecule has 0 aromatic rings. The minimum Gasteiger partial charge on any atom is -0.396 e. The predicted molar refractivity (Wildman–Crippen MR) is 226 cm³/mol. The maximum atomic E-state index is 10.3. The molecule has 0 saturated heterocycles. The van der Waals surface area contributed by atoms with Crippen molar-refractivity contribution >= 4 is 15.9 Å². The average molecular weight is 791 g/mol. The molecule has 0 aliphatic carbocycles. The zero-order valence-corrected chi connectivity index (χ0v) is 36.4. The number of hydrogen-bond donors (Lipinski definition) is 8. The van der Waals surface area contributed by atoms with Crippen LogP contribution in [0.3, 0.4) is 0 Å². The van der Waals surface area contributed by atoms with Crippen LogP contribution in [-0.2, 0) is 4.31 Å². The van der Waals surface area contributed by atoms with Crippen LogP contribution in [0.2, 0.25) is 0 Å². The average Bonchev–Trinajstić information content (AvgIpc) is 3.12. The molecule has 0 aliphatic heterocycles. The van der Waals surface area contributed by atoms with E-state index in [-0.39, 0.29) is 12.3 Å². The van der Waals surface area contributed by atoms with E-state index in [1.54, 1.807) is 0 Å². The molecule has 320 valence electrons. The Kier molecular flexibility index (Phi) is 41.7. The fourth-order valence-electron chi connectivity index (χ4n) is 6.47. The van der Waals surface area contributed by atoms with Gasteiger partial charge in [0, 0.05) is 0 Å². The van der Waals surface area contributed by atoms with Crippen molar-refractivity contribution in [2.75, 3.05) is 38.8 Å². The minimum atomic E-state index is -3.99. The summed E-state index contributed by atoms with van der Waals surface area (Å²) in [5, 5.41) is 34.0. The van der Waals surface area contributed by atoms with Gasteiger partial charge in [0.2, 0.25) is 0 Å². The first-order valence-corrected chi connectivity index (χ1v) is 26.1. The van der Waals surface area contributed by atoms with Crippen LogP contribution in [0.4, 0.5) is 0 Å². The Morgan fingerprint density at radius 3 is 0.635 bits per heavy atom. The molecular formula is C41H92O9P2. The van der Waals surface area contributed by atoms with E-state index >= 15 is 0 Å². The minimum absolute atomic E-state index is 0.167. The van der Waals surface area contributed by atoms with Crippen molar-refractivity contribution in [3.63, 3.8) is 0 Å². The Balaban J connectivity index is 0. The van der Waals surface area contributed by atoms with Gasteiger partial charge in [0.1, 0.15) is 0 Å². The third-order valence-electron chi connectivity index (χ3n) is 10.4. The summed E-state index contributed by atoms with van der Waals surface area (Å²) in [6.07, 6.45) is 41.0. The Hall–Kier alpha value is 0.500. The van der Waals surface area contributed by atoms with E-state index in [1.165, 1.54) is 167 Å². The smallest absolute Gasteiger partial charge is 0.396 e. The number of aliphatic hydroxyl groups excluding tert-OH is 4. The van der Waals surface area contributed by atoms with Gasteiger partial charge in [-0.25, -0.2) is 0 Å². The summed E-state index contributed by atoms with van der Waals surface area (Å²) in [6, 6.07) is 0. The number of rotatable bonds is 40. The van der Waals surface area contributed by atoms with Gasteiger partial charge in [-0.05, 0) is 0 Å². The van der Waals surface area contributed by atoms with E-state index < -0.39 is 47.7 Å². The summed E-state index contributed by atoms with van der Waals surface area (Å²) < 4.78 is 5.17. The summed E-state index contributed by atoms with van der Waals surface area (Å²) in [6.45, 7) is 2.92. The summed E-state index contributed by atoms with van der Waals surface area (Å²) in [5.74, 6) is 0. The van der Waals surface area contributed by atoms with Gasteiger partial charge in [-0.2, -0.15) is 0 Å². The van der Waals surface area contributed by atoms with Gasteiger partial charge in [-0.1, -0.05) is 78.1 Å². The molecule has 0 fully saturated rings. The quantitative estimate of drug-likeness (QED) is 0.0222. The Morgan fingerprint density at radius 1 is 0.308 bits per heavy atom. The molecule has 0 aliphatic rings. The van der Waals surface area contributed by atoms with Crippen LogP contribution < -0.4 is 0 Å². The molecule has 0 radical (unpaired) electrons. The fourth-order valence-corrected chi connectivity index (χ4v) is 10.8. The predicted octanol–water partition coefficient (Wildman–Crippen LogP) is 10.4. The molecule has 0 saturated carbocycles. The number of hydrogen-bond acceptors (Lipinski definition) is 9. The van der Waals surface area contributed by atoms with Gasteiger partial charge in [0.25, 0.3) is 0 Å². The van der Waals surface area contributed by atoms with E-state index in [4.69, 9.17) is 24.7 Å². The summed E-state index contributed by atoms with van der Waals surface area (Å²) in [5.41, 5.74) is -1.11. The van der Waals surface area contributed by atoms with Crippen LogP contribution in [0.15, 0.2) is 0 Å². The van der Waals surface area contributed by atoms with Gasteiger partial charge >= 0.3 is 193 Å².